The average Bonchev–Trinajstić information content (AvgIpc) is 2.53. The molecule has 0 aliphatic rings. The van der Waals surface area contributed by atoms with Crippen LogP contribution in [0.2, 0.25) is 5.02 Å². The van der Waals surface area contributed by atoms with E-state index in [9.17, 15) is 8.42 Å². The van der Waals surface area contributed by atoms with E-state index in [0.717, 1.165) is 0 Å². The molecule has 0 bridgehead atoms. The second kappa shape index (κ2) is 6.12. The van der Waals surface area contributed by atoms with Gasteiger partial charge in [0.15, 0.2) is 9.84 Å². The molecular formula is C17H16ClN3O2S. The van der Waals surface area contributed by atoms with Crippen LogP contribution in [0.25, 0.3) is 22.3 Å². The van der Waals surface area contributed by atoms with Gasteiger partial charge in [0.1, 0.15) is 5.52 Å². The van der Waals surface area contributed by atoms with Crippen LogP contribution in [0.5, 0.6) is 0 Å². The molecule has 0 amide bonds. The lowest BCUT2D eigenvalue weighted by Crippen LogP contribution is -2.12. The van der Waals surface area contributed by atoms with Crippen molar-refractivity contribution >= 4 is 32.5 Å². The number of sulfone groups is 1. The molecule has 1 unspecified atom stereocenters. The van der Waals surface area contributed by atoms with Crippen molar-refractivity contribution < 1.29 is 8.42 Å². The fraction of sp³-hybridized carbons (Fsp3) is 0.176. The maximum Gasteiger partial charge on any atom is 0.176 e. The maximum absolute atomic E-state index is 12.1. The molecule has 1 atom stereocenters. The predicted molar refractivity (Wildman–Crippen MR) is 95.7 cm³/mol. The third kappa shape index (κ3) is 3.00. The Labute approximate surface area is 145 Å². The van der Waals surface area contributed by atoms with Gasteiger partial charge in [-0.1, -0.05) is 35.9 Å². The highest BCUT2D eigenvalue weighted by molar-refractivity contribution is 7.90. The summed E-state index contributed by atoms with van der Waals surface area (Å²) in [5.74, 6) is 0. The van der Waals surface area contributed by atoms with E-state index in [1.54, 1.807) is 49.4 Å². The van der Waals surface area contributed by atoms with Gasteiger partial charge in [-0.3, -0.25) is 0 Å². The summed E-state index contributed by atoms with van der Waals surface area (Å²) in [7, 11) is -3.43. The largest absolute Gasteiger partial charge is 0.323 e. The number of nitrogens with zero attached hydrogens (tertiary/aromatic N) is 2. The van der Waals surface area contributed by atoms with Crippen LogP contribution in [0.4, 0.5) is 0 Å². The van der Waals surface area contributed by atoms with Gasteiger partial charge in [-0.05, 0) is 25.1 Å². The second-order valence-electron chi connectivity index (χ2n) is 5.62. The number of benzene rings is 2. The minimum absolute atomic E-state index is 0.188. The molecule has 3 rings (SSSR count). The molecule has 2 aromatic carbocycles. The number of nitrogens with two attached hydrogens (primary N) is 1. The van der Waals surface area contributed by atoms with Gasteiger partial charge in [-0.2, -0.15) is 0 Å². The first-order chi connectivity index (χ1) is 11.3. The molecule has 0 aliphatic heterocycles. The van der Waals surface area contributed by atoms with Crippen molar-refractivity contribution in [3.8, 4) is 11.3 Å². The highest BCUT2D eigenvalue weighted by Gasteiger charge is 2.21. The van der Waals surface area contributed by atoms with E-state index in [-0.39, 0.29) is 4.90 Å². The number of aromatic nitrogens is 2. The fourth-order valence-corrected chi connectivity index (χ4v) is 3.66. The summed E-state index contributed by atoms with van der Waals surface area (Å²) in [5.41, 5.74) is 8.63. The molecule has 0 spiro atoms. The number of para-hydroxylation sites is 1. The molecule has 0 saturated heterocycles. The van der Waals surface area contributed by atoms with E-state index in [4.69, 9.17) is 17.3 Å². The van der Waals surface area contributed by atoms with Crippen molar-refractivity contribution in [3.63, 3.8) is 0 Å². The molecule has 0 aliphatic carbocycles. The minimum Gasteiger partial charge on any atom is -0.323 e. The van der Waals surface area contributed by atoms with Crippen LogP contribution >= 0.6 is 11.6 Å². The number of hydrogen-bond donors (Lipinski definition) is 1. The molecule has 0 saturated carbocycles. The molecule has 0 radical (unpaired) electrons. The average molecular weight is 362 g/mol. The Hall–Kier alpha value is -2.02. The van der Waals surface area contributed by atoms with E-state index in [1.165, 1.54) is 6.26 Å². The molecule has 124 valence electrons. The van der Waals surface area contributed by atoms with Crippen molar-refractivity contribution in [2.24, 2.45) is 5.73 Å². The van der Waals surface area contributed by atoms with E-state index in [2.05, 4.69) is 9.97 Å². The van der Waals surface area contributed by atoms with Gasteiger partial charge in [-0.25, -0.2) is 18.4 Å². The van der Waals surface area contributed by atoms with Crippen LogP contribution in [0.3, 0.4) is 0 Å². The van der Waals surface area contributed by atoms with E-state index >= 15 is 0 Å². The number of rotatable bonds is 3. The quantitative estimate of drug-likeness (QED) is 0.772. The topological polar surface area (TPSA) is 85.9 Å². The summed E-state index contributed by atoms with van der Waals surface area (Å²) < 4.78 is 24.3. The summed E-state index contributed by atoms with van der Waals surface area (Å²) in [6, 6.07) is 11.6. The highest BCUT2D eigenvalue weighted by Crippen LogP contribution is 2.32. The Bertz CT molecular complexity index is 1030. The summed E-state index contributed by atoms with van der Waals surface area (Å²) in [5, 5.41) is 0.453. The zero-order chi connectivity index (χ0) is 17.5. The molecule has 0 fully saturated rings. The SMILES string of the molecule is CC(N)c1nc2cccc(Cl)c2nc1-c1ccccc1S(C)(=O)=O. The Morgan fingerprint density at radius 1 is 1.08 bits per heavy atom. The minimum atomic E-state index is -3.43. The number of hydrogen-bond acceptors (Lipinski definition) is 5. The summed E-state index contributed by atoms with van der Waals surface area (Å²) in [6.45, 7) is 1.78. The van der Waals surface area contributed by atoms with Gasteiger partial charge in [0, 0.05) is 17.9 Å². The molecule has 2 N–H and O–H groups in total. The lowest BCUT2D eigenvalue weighted by molar-refractivity contribution is 0.602. The maximum atomic E-state index is 12.1. The zero-order valence-electron chi connectivity index (χ0n) is 13.2. The molecule has 5 nitrogen and oxygen atoms in total. The molecular weight excluding hydrogens is 346 g/mol. The second-order valence-corrected chi connectivity index (χ2v) is 8.01. The molecule has 24 heavy (non-hydrogen) atoms. The van der Waals surface area contributed by atoms with E-state index < -0.39 is 15.9 Å². The number of fused-ring (bicyclic) bond motifs is 1. The summed E-state index contributed by atoms with van der Waals surface area (Å²) in [4.78, 5) is 9.36. The van der Waals surface area contributed by atoms with Gasteiger partial charge in [0.2, 0.25) is 0 Å². The summed E-state index contributed by atoms with van der Waals surface area (Å²) in [6.07, 6.45) is 1.17. The lowest BCUT2D eigenvalue weighted by atomic mass is 10.1. The fourth-order valence-electron chi connectivity index (χ4n) is 2.56. The van der Waals surface area contributed by atoms with Crippen LogP contribution in [0, 0.1) is 0 Å². The zero-order valence-corrected chi connectivity index (χ0v) is 14.8. The smallest absolute Gasteiger partial charge is 0.176 e. The molecule has 7 heteroatoms. The number of halogens is 1. The van der Waals surface area contributed by atoms with Crippen LogP contribution in [-0.2, 0) is 9.84 Å². The van der Waals surface area contributed by atoms with Crippen molar-refractivity contribution in [3.05, 3.63) is 53.2 Å². The Morgan fingerprint density at radius 3 is 2.46 bits per heavy atom. The lowest BCUT2D eigenvalue weighted by Gasteiger charge is -2.15. The highest BCUT2D eigenvalue weighted by atomic mass is 35.5. The third-order valence-corrected chi connectivity index (χ3v) is 5.11. The molecule has 3 aromatic rings. The van der Waals surface area contributed by atoms with Crippen LogP contribution in [-0.4, -0.2) is 24.6 Å². The Morgan fingerprint density at radius 2 is 1.79 bits per heavy atom. The Kier molecular flexibility index (Phi) is 4.29. The first-order valence-corrected chi connectivity index (χ1v) is 9.57. The first-order valence-electron chi connectivity index (χ1n) is 7.30. The van der Waals surface area contributed by atoms with Gasteiger partial charge in [0.25, 0.3) is 0 Å². The van der Waals surface area contributed by atoms with Crippen LogP contribution < -0.4 is 5.73 Å². The van der Waals surface area contributed by atoms with Crippen LogP contribution in [0.15, 0.2) is 47.4 Å². The standard InChI is InChI=1S/C17H16ClN3O2S/c1-10(19)15-16(11-6-3-4-9-14(11)24(2,22)23)21-17-12(18)7-5-8-13(17)20-15/h3-10H,19H2,1-2H3. The molecule has 1 aromatic heterocycles. The van der Waals surface area contributed by atoms with Gasteiger partial charge in [0.05, 0.1) is 26.8 Å². The van der Waals surface area contributed by atoms with E-state index in [1.807, 2.05) is 0 Å². The van der Waals surface area contributed by atoms with Gasteiger partial charge in [-0.15, -0.1) is 0 Å². The normalized spacial score (nSPS) is 13.2. The van der Waals surface area contributed by atoms with Crippen molar-refractivity contribution in [2.45, 2.75) is 17.9 Å². The Balaban J connectivity index is 2.42. The monoisotopic (exact) mass is 361 g/mol. The van der Waals surface area contributed by atoms with Crippen LogP contribution in [0.1, 0.15) is 18.7 Å². The van der Waals surface area contributed by atoms with Gasteiger partial charge < -0.3 is 5.73 Å². The summed E-state index contributed by atoms with van der Waals surface area (Å²) >= 11 is 6.23. The predicted octanol–water partition coefficient (Wildman–Crippen LogP) is 3.37. The van der Waals surface area contributed by atoms with Crippen molar-refractivity contribution in [1.82, 2.24) is 9.97 Å². The van der Waals surface area contributed by atoms with Crippen molar-refractivity contribution in [1.29, 1.82) is 0 Å². The molecule has 1 heterocycles. The van der Waals surface area contributed by atoms with Gasteiger partial charge >= 0.3 is 0 Å². The van der Waals surface area contributed by atoms with E-state index in [0.29, 0.717) is 33.0 Å². The van der Waals surface area contributed by atoms with Crippen molar-refractivity contribution in [2.75, 3.05) is 6.26 Å². The first kappa shape index (κ1) is 16.8. The third-order valence-electron chi connectivity index (χ3n) is 3.65.